The van der Waals surface area contributed by atoms with E-state index < -0.39 is 0 Å². The fourth-order valence-corrected chi connectivity index (χ4v) is 3.32. The van der Waals surface area contributed by atoms with Gasteiger partial charge in [0.1, 0.15) is 11.5 Å². The molecule has 3 heteroatoms. The molecule has 24 heavy (non-hydrogen) atoms. The van der Waals surface area contributed by atoms with Gasteiger partial charge in [-0.25, -0.2) is 4.79 Å². The van der Waals surface area contributed by atoms with E-state index in [1.54, 1.807) is 0 Å². The minimum absolute atomic E-state index is 0.0690. The first kappa shape index (κ1) is 18.3. The molecule has 2 rings (SSSR count). The summed E-state index contributed by atoms with van der Waals surface area (Å²) in [7, 11) is 0. The Morgan fingerprint density at radius 1 is 1.08 bits per heavy atom. The Morgan fingerprint density at radius 2 is 1.75 bits per heavy atom. The van der Waals surface area contributed by atoms with Crippen LogP contribution < -0.4 is 0 Å². The molecular weight excluding hydrogens is 300 g/mol. The first-order chi connectivity index (χ1) is 11.6. The maximum atomic E-state index is 12.6. The van der Waals surface area contributed by atoms with Crippen molar-refractivity contribution in [2.75, 3.05) is 6.61 Å². The lowest BCUT2D eigenvalue weighted by Crippen LogP contribution is -2.23. The number of hydrogen-bond donors (Lipinski definition) is 0. The number of carbonyl (C=O) groups is 1. The van der Waals surface area contributed by atoms with Gasteiger partial charge in [0.15, 0.2) is 0 Å². The molecule has 0 saturated carbocycles. The van der Waals surface area contributed by atoms with Gasteiger partial charge >= 0.3 is 5.97 Å². The lowest BCUT2D eigenvalue weighted by molar-refractivity contribution is -0.139. The zero-order valence-corrected chi connectivity index (χ0v) is 15.2. The van der Waals surface area contributed by atoms with Gasteiger partial charge in [-0.15, -0.1) is 0 Å². The summed E-state index contributed by atoms with van der Waals surface area (Å²) in [6, 6.07) is 10.2. The molecule has 0 spiro atoms. The van der Waals surface area contributed by atoms with Crippen molar-refractivity contribution >= 4 is 5.97 Å². The Labute approximate surface area is 145 Å². The molecule has 0 radical (unpaired) electrons. The molecule has 1 unspecified atom stereocenters. The molecule has 0 aliphatic carbocycles. The van der Waals surface area contributed by atoms with Gasteiger partial charge in [-0.05, 0) is 37.8 Å². The Bertz CT molecular complexity index is 626. The third-order valence-electron chi connectivity index (χ3n) is 4.28. The number of benzene rings is 1. The Hall–Kier alpha value is -2.03. The monoisotopic (exact) mass is 328 g/mol. The molecule has 1 aromatic carbocycles. The smallest absolute Gasteiger partial charge is 0.338 e. The lowest BCUT2D eigenvalue weighted by Gasteiger charge is -2.31. The first-order valence-corrected chi connectivity index (χ1v) is 8.96. The largest absolute Gasteiger partial charge is 0.466 e. The highest BCUT2D eigenvalue weighted by molar-refractivity contribution is 5.92. The second-order valence-electron chi connectivity index (χ2n) is 6.08. The summed E-state index contributed by atoms with van der Waals surface area (Å²) in [6.07, 6.45) is 3.85. The molecule has 1 aliphatic heterocycles. The van der Waals surface area contributed by atoms with Gasteiger partial charge in [-0.3, -0.25) is 0 Å². The highest BCUT2D eigenvalue weighted by Crippen LogP contribution is 2.43. The third kappa shape index (κ3) is 3.89. The van der Waals surface area contributed by atoms with E-state index in [2.05, 4.69) is 26.0 Å². The fraction of sp³-hybridized carbons (Fsp3) is 0.476. The van der Waals surface area contributed by atoms with Crippen LogP contribution in [-0.2, 0) is 14.3 Å². The number of carbonyl (C=O) groups excluding carboxylic acids is 1. The molecule has 1 aromatic rings. The van der Waals surface area contributed by atoms with Crippen LogP contribution >= 0.6 is 0 Å². The predicted molar refractivity (Wildman–Crippen MR) is 96.4 cm³/mol. The number of ether oxygens (including phenoxy) is 2. The van der Waals surface area contributed by atoms with Crippen molar-refractivity contribution in [1.29, 1.82) is 0 Å². The predicted octanol–water partition coefficient (Wildman–Crippen LogP) is 5.49. The summed E-state index contributed by atoms with van der Waals surface area (Å²) in [5.41, 5.74) is 2.99. The number of esters is 1. The lowest BCUT2D eigenvalue weighted by atomic mass is 9.79. The maximum Gasteiger partial charge on any atom is 0.338 e. The summed E-state index contributed by atoms with van der Waals surface area (Å²) in [5, 5.41) is 0. The highest BCUT2D eigenvalue weighted by atomic mass is 16.5. The van der Waals surface area contributed by atoms with E-state index in [4.69, 9.17) is 9.47 Å². The third-order valence-corrected chi connectivity index (χ3v) is 4.28. The van der Waals surface area contributed by atoms with E-state index >= 15 is 0 Å². The molecule has 0 saturated heterocycles. The summed E-state index contributed by atoms with van der Waals surface area (Å²) in [4.78, 5) is 12.6. The Kier molecular flexibility index (Phi) is 6.65. The van der Waals surface area contributed by atoms with Crippen molar-refractivity contribution in [3.8, 4) is 0 Å². The molecule has 1 atom stereocenters. The summed E-state index contributed by atoms with van der Waals surface area (Å²) < 4.78 is 11.4. The average Bonchev–Trinajstić information content (AvgIpc) is 2.58. The van der Waals surface area contributed by atoms with Crippen LogP contribution in [0.4, 0.5) is 0 Å². The van der Waals surface area contributed by atoms with Gasteiger partial charge < -0.3 is 9.47 Å². The molecule has 0 bridgehead atoms. The van der Waals surface area contributed by atoms with E-state index in [9.17, 15) is 4.79 Å². The molecule has 3 nitrogen and oxygen atoms in total. The van der Waals surface area contributed by atoms with Crippen LogP contribution in [0.1, 0.15) is 64.9 Å². The van der Waals surface area contributed by atoms with Crippen molar-refractivity contribution in [2.24, 2.45) is 0 Å². The fourth-order valence-electron chi connectivity index (χ4n) is 3.32. The summed E-state index contributed by atoms with van der Waals surface area (Å²) in [5.74, 6) is 1.36. The van der Waals surface area contributed by atoms with Crippen LogP contribution in [0, 0.1) is 0 Å². The van der Waals surface area contributed by atoms with Crippen LogP contribution in [0.3, 0.4) is 0 Å². The quantitative estimate of drug-likeness (QED) is 0.621. The van der Waals surface area contributed by atoms with Crippen molar-refractivity contribution in [1.82, 2.24) is 0 Å². The number of allylic oxidation sites excluding steroid dienone is 3. The van der Waals surface area contributed by atoms with E-state index in [0.717, 1.165) is 37.0 Å². The van der Waals surface area contributed by atoms with Crippen molar-refractivity contribution in [3.05, 3.63) is 58.6 Å². The molecule has 1 heterocycles. The first-order valence-electron chi connectivity index (χ1n) is 8.96. The maximum absolute atomic E-state index is 12.6. The van der Waals surface area contributed by atoms with E-state index in [1.807, 2.05) is 32.0 Å². The topological polar surface area (TPSA) is 35.5 Å². The highest BCUT2D eigenvalue weighted by Gasteiger charge is 2.35. The minimum atomic E-state index is -0.270. The van der Waals surface area contributed by atoms with Gasteiger partial charge in [0.25, 0.3) is 0 Å². The van der Waals surface area contributed by atoms with E-state index in [0.29, 0.717) is 17.9 Å². The van der Waals surface area contributed by atoms with E-state index in [1.165, 1.54) is 5.57 Å². The standard InChI is InChI=1S/C21H28O3/c1-5-11-17-18(12-6-2)24-15(4)19(21(22)23-7-3)20(17)16-13-9-8-10-14-16/h8-10,13-14,20H,5-7,11-12H2,1-4H3. The van der Waals surface area contributed by atoms with Crippen LogP contribution in [0.5, 0.6) is 0 Å². The Balaban J connectivity index is 2.57. The van der Waals surface area contributed by atoms with Gasteiger partial charge in [0.05, 0.1) is 12.2 Å². The molecule has 0 amide bonds. The van der Waals surface area contributed by atoms with Crippen molar-refractivity contribution < 1.29 is 14.3 Å². The SMILES string of the molecule is CCCC1=C(CCC)C(c2ccccc2)C(C(=O)OCC)=C(C)O1. The summed E-state index contributed by atoms with van der Waals surface area (Å²) >= 11 is 0. The van der Waals surface area contributed by atoms with Crippen LogP contribution in [0.25, 0.3) is 0 Å². The van der Waals surface area contributed by atoms with Gasteiger partial charge in [-0.2, -0.15) is 0 Å². The Morgan fingerprint density at radius 3 is 2.33 bits per heavy atom. The molecule has 130 valence electrons. The summed E-state index contributed by atoms with van der Waals surface area (Å²) in [6.45, 7) is 8.39. The second kappa shape index (κ2) is 8.72. The van der Waals surface area contributed by atoms with Crippen molar-refractivity contribution in [3.63, 3.8) is 0 Å². The molecular formula is C21H28O3. The van der Waals surface area contributed by atoms with Crippen LogP contribution in [0.15, 0.2) is 53.0 Å². The van der Waals surface area contributed by atoms with Crippen LogP contribution in [-0.4, -0.2) is 12.6 Å². The van der Waals surface area contributed by atoms with Gasteiger partial charge in [-0.1, -0.05) is 50.6 Å². The average molecular weight is 328 g/mol. The minimum Gasteiger partial charge on any atom is -0.466 e. The van der Waals surface area contributed by atoms with Crippen LogP contribution in [0.2, 0.25) is 0 Å². The second-order valence-corrected chi connectivity index (χ2v) is 6.08. The van der Waals surface area contributed by atoms with Gasteiger partial charge in [0, 0.05) is 12.3 Å². The normalized spacial score (nSPS) is 17.8. The van der Waals surface area contributed by atoms with Crippen molar-refractivity contribution in [2.45, 2.75) is 59.3 Å². The zero-order chi connectivity index (χ0) is 17.5. The molecule has 0 fully saturated rings. The number of rotatable bonds is 7. The zero-order valence-electron chi connectivity index (χ0n) is 15.2. The number of hydrogen-bond acceptors (Lipinski definition) is 3. The van der Waals surface area contributed by atoms with E-state index in [-0.39, 0.29) is 11.9 Å². The van der Waals surface area contributed by atoms with Gasteiger partial charge in [0.2, 0.25) is 0 Å². The molecule has 0 aromatic heterocycles. The molecule has 0 N–H and O–H groups in total. The molecule has 1 aliphatic rings.